The molecule has 1 atom stereocenters. The van der Waals surface area contributed by atoms with E-state index < -0.39 is 11.4 Å². The SMILES string of the molecule is CCCCCCOC1(C)OC(c2ccccc2)(c2ccccc2)C=C1C(C)=O. The molecule has 1 unspecified atom stereocenters. The Hall–Kier alpha value is -2.23. The third kappa shape index (κ3) is 4.11. The highest BCUT2D eigenvalue weighted by Crippen LogP contribution is 2.48. The first-order valence-electron chi connectivity index (χ1n) is 10.2. The van der Waals surface area contributed by atoms with E-state index in [1.54, 1.807) is 6.92 Å². The van der Waals surface area contributed by atoms with Crippen molar-refractivity contribution in [3.8, 4) is 0 Å². The number of Topliss-reactive ketones (excluding diaryl/α,β-unsaturated/α-hetero) is 1. The summed E-state index contributed by atoms with van der Waals surface area (Å²) in [5.74, 6) is -1.09. The van der Waals surface area contributed by atoms with E-state index in [4.69, 9.17) is 9.47 Å². The van der Waals surface area contributed by atoms with Crippen molar-refractivity contribution in [1.82, 2.24) is 0 Å². The number of ketones is 1. The Morgan fingerprint density at radius 3 is 2.00 bits per heavy atom. The van der Waals surface area contributed by atoms with Gasteiger partial charge in [0, 0.05) is 0 Å². The van der Waals surface area contributed by atoms with Crippen LogP contribution in [0.25, 0.3) is 0 Å². The lowest BCUT2D eigenvalue weighted by atomic mass is 9.85. The molecule has 1 aliphatic rings. The molecule has 0 saturated heterocycles. The Morgan fingerprint density at radius 1 is 0.929 bits per heavy atom. The number of unbranched alkanes of at least 4 members (excludes halogenated alkanes) is 3. The van der Waals surface area contributed by atoms with Crippen molar-refractivity contribution in [3.05, 3.63) is 83.4 Å². The van der Waals surface area contributed by atoms with Crippen LogP contribution in [0.4, 0.5) is 0 Å². The lowest BCUT2D eigenvalue weighted by molar-refractivity contribution is -0.224. The molecular weight excluding hydrogens is 348 g/mol. The van der Waals surface area contributed by atoms with E-state index in [-0.39, 0.29) is 5.78 Å². The van der Waals surface area contributed by atoms with Crippen LogP contribution in [-0.4, -0.2) is 18.2 Å². The fourth-order valence-electron chi connectivity index (χ4n) is 3.87. The first kappa shape index (κ1) is 20.5. The highest BCUT2D eigenvalue weighted by Gasteiger charge is 2.51. The molecule has 0 spiro atoms. The highest BCUT2D eigenvalue weighted by atomic mass is 16.7. The molecular formula is C25H30O3. The number of carbonyl (C=O) groups excluding carboxylic acids is 1. The van der Waals surface area contributed by atoms with Crippen LogP contribution in [0, 0.1) is 0 Å². The van der Waals surface area contributed by atoms with Gasteiger partial charge in [0.15, 0.2) is 11.6 Å². The third-order valence-electron chi connectivity index (χ3n) is 5.35. The molecule has 2 aromatic rings. The van der Waals surface area contributed by atoms with Crippen LogP contribution in [-0.2, 0) is 19.9 Å². The number of ether oxygens (including phenoxy) is 2. The lowest BCUT2D eigenvalue weighted by Gasteiger charge is -2.35. The molecule has 148 valence electrons. The van der Waals surface area contributed by atoms with Gasteiger partial charge < -0.3 is 9.47 Å². The van der Waals surface area contributed by atoms with E-state index in [1.165, 1.54) is 12.8 Å². The van der Waals surface area contributed by atoms with Crippen LogP contribution in [0.2, 0.25) is 0 Å². The van der Waals surface area contributed by atoms with E-state index in [1.807, 2.05) is 73.7 Å². The Labute approximate surface area is 168 Å². The second kappa shape index (κ2) is 8.85. The van der Waals surface area contributed by atoms with Gasteiger partial charge in [-0.3, -0.25) is 4.79 Å². The monoisotopic (exact) mass is 378 g/mol. The van der Waals surface area contributed by atoms with Crippen LogP contribution in [0.5, 0.6) is 0 Å². The minimum absolute atomic E-state index is 0.0233. The first-order chi connectivity index (χ1) is 13.5. The van der Waals surface area contributed by atoms with Crippen LogP contribution >= 0.6 is 0 Å². The minimum Gasteiger partial charge on any atom is -0.346 e. The second-order valence-electron chi connectivity index (χ2n) is 7.54. The van der Waals surface area contributed by atoms with Crippen molar-refractivity contribution >= 4 is 5.78 Å². The molecule has 3 nitrogen and oxygen atoms in total. The quantitative estimate of drug-likeness (QED) is 0.518. The van der Waals surface area contributed by atoms with Crippen molar-refractivity contribution in [2.75, 3.05) is 6.61 Å². The number of hydrogen-bond acceptors (Lipinski definition) is 3. The van der Waals surface area contributed by atoms with Gasteiger partial charge in [-0.2, -0.15) is 0 Å². The van der Waals surface area contributed by atoms with E-state index >= 15 is 0 Å². The van der Waals surface area contributed by atoms with Gasteiger partial charge in [-0.1, -0.05) is 86.8 Å². The summed E-state index contributed by atoms with van der Waals surface area (Å²) < 4.78 is 12.9. The van der Waals surface area contributed by atoms with Gasteiger partial charge >= 0.3 is 0 Å². The average Bonchev–Trinajstić information content (AvgIpc) is 3.04. The molecule has 0 aromatic heterocycles. The van der Waals surface area contributed by atoms with Crippen molar-refractivity contribution in [1.29, 1.82) is 0 Å². The molecule has 0 aliphatic carbocycles. The summed E-state index contributed by atoms with van der Waals surface area (Å²) in [5, 5.41) is 0. The minimum atomic E-state index is -1.07. The molecule has 0 fully saturated rings. The summed E-state index contributed by atoms with van der Waals surface area (Å²) in [6.45, 7) is 6.21. The van der Waals surface area contributed by atoms with Gasteiger partial charge in [0.2, 0.25) is 0 Å². The molecule has 3 heteroatoms. The third-order valence-corrected chi connectivity index (χ3v) is 5.35. The van der Waals surface area contributed by atoms with Crippen LogP contribution in [0.3, 0.4) is 0 Å². The van der Waals surface area contributed by atoms with Gasteiger partial charge in [0.1, 0.15) is 5.60 Å². The predicted molar refractivity (Wildman–Crippen MR) is 112 cm³/mol. The molecule has 3 rings (SSSR count). The zero-order valence-corrected chi connectivity index (χ0v) is 17.1. The molecule has 0 bridgehead atoms. The maximum Gasteiger partial charge on any atom is 0.196 e. The molecule has 0 N–H and O–H groups in total. The lowest BCUT2D eigenvalue weighted by Crippen LogP contribution is -2.39. The van der Waals surface area contributed by atoms with E-state index in [0.29, 0.717) is 12.2 Å². The Kier molecular flexibility index (Phi) is 6.48. The van der Waals surface area contributed by atoms with Gasteiger partial charge in [-0.05, 0) is 37.5 Å². The maximum atomic E-state index is 12.5. The summed E-state index contributed by atoms with van der Waals surface area (Å²) in [4.78, 5) is 12.5. The topological polar surface area (TPSA) is 35.5 Å². The standard InChI is InChI=1S/C25H30O3/c1-4-5-6-13-18-27-24(3)23(20(2)26)19-25(28-24,21-14-9-7-10-15-21)22-16-11-8-12-17-22/h7-12,14-17,19H,4-6,13,18H2,1-3H3. The largest absolute Gasteiger partial charge is 0.346 e. The van der Waals surface area contributed by atoms with Gasteiger partial charge in [0.25, 0.3) is 0 Å². The average molecular weight is 379 g/mol. The molecule has 0 amide bonds. The normalized spacial score (nSPS) is 20.8. The Bertz CT molecular complexity index is 771. The Balaban J connectivity index is 1.99. The predicted octanol–water partition coefficient (Wildman–Crippen LogP) is 5.79. The number of hydrogen-bond donors (Lipinski definition) is 0. The van der Waals surface area contributed by atoms with Crippen molar-refractivity contribution < 1.29 is 14.3 Å². The molecule has 2 aromatic carbocycles. The van der Waals surface area contributed by atoms with Crippen LogP contribution in [0.15, 0.2) is 72.3 Å². The van der Waals surface area contributed by atoms with E-state index in [0.717, 1.165) is 24.0 Å². The number of benzene rings is 2. The molecule has 28 heavy (non-hydrogen) atoms. The van der Waals surface area contributed by atoms with Crippen molar-refractivity contribution in [2.24, 2.45) is 0 Å². The van der Waals surface area contributed by atoms with Crippen molar-refractivity contribution in [2.45, 2.75) is 57.8 Å². The maximum absolute atomic E-state index is 12.5. The first-order valence-corrected chi connectivity index (χ1v) is 10.2. The smallest absolute Gasteiger partial charge is 0.196 e. The summed E-state index contributed by atoms with van der Waals surface area (Å²) in [6.07, 6.45) is 6.40. The second-order valence-corrected chi connectivity index (χ2v) is 7.54. The fourth-order valence-corrected chi connectivity index (χ4v) is 3.87. The van der Waals surface area contributed by atoms with E-state index in [9.17, 15) is 4.79 Å². The number of carbonyl (C=O) groups is 1. The molecule has 1 heterocycles. The molecule has 1 aliphatic heterocycles. The fraction of sp³-hybridized carbons (Fsp3) is 0.400. The number of rotatable bonds is 9. The van der Waals surface area contributed by atoms with Gasteiger partial charge in [0.05, 0.1) is 12.2 Å². The molecule has 0 saturated carbocycles. The van der Waals surface area contributed by atoms with Gasteiger partial charge in [-0.25, -0.2) is 0 Å². The van der Waals surface area contributed by atoms with Crippen molar-refractivity contribution in [3.63, 3.8) is 0 Å². The Morgan fingerprint density at radius 2 is 1.50 bits per heavy atom. The summed E-state index contributed by atoms with van der Waals surface area (Å²) in [6, 6.07) is 20.1. The van der Waals surface area contributed by atoms with Crippen LogP contribution in [0.1, 0.15) is 57.6 Å². The highest BCUT2D eigenvalue weighted by molar-refractivity contribution is 5.96. The summed E-state index contributed by atoms with van der Waals surface area (Å²) >= 11 is 0. The van der Waals surface area contributed by atoms with E-state index in [2.05, 4.69) is 6.92 Å². The zero-order valence-electron chi connectivity index (χ0n) is 17.1. The summed E-state index contributed by atoms with van der Waals surface area (Å²) in [5.41, 5.74) is 1.70. The molecule has 0 radical (unpaired) electrons. The summed E-state index contributed by atoms with van der Waals surface area (Å²) in [7, 11) is 0. The zero-order chi connectivity index (χ0) is 20.0. The van der Waals surface area contributed by atoms with Crippen LogP contribution < -0.4 is 0 Å². The van der Waals surface area contributed by atoms with Gasteiger partial charge in [-0.15, -0.1) is 0 Å².